The topological polar surface area (TPSA) is 6.48 Å². The molecule has 0 saturated carbocycles. The molecule has 1 fully saturated rings. The summed E-state index contributed by atoms with van der Waals surface area (Å²) in [4.78, 5) is 3.19. The van der Waals surface area contributed by atoms with Gasteiger partial charge in [0, 0.05) is 19.0 Å². The van der Waals surface area contributed by atoms with E-state index in [9.17, 15) is 22.0 Å². The van der Waals surface area contributed by atoms with Crippen LogP contribution in [0.3, 0.4) is 0 Å². The zero-order valence-corrected chi connectivity index (χ0v) is 13.7. The van der Waals surface area contributed by atoms with Crippen LogP contribution < -0.4 is 0 Å². The maximum Gasteiger partial charge on any atom is 0.200 e. The van der Waals surface area contributed by atoms with Crippen LogP contribution in [0.4, 0.5) is 22.0 Å². The molecule has 0 atom stereocenters. The predicted octanol–water partition coefficient (Wildman–Crippen LogP) is 4.04. The van der Waals surface area contributed by atoms with Crippen molar-refractivity contribution in [1.29, 1.82) is 0 Å². The maximum absolute atomic E-state index is 14.2. The van der Waals surface area contributed by atoms with E-state index < -0.39 is 40.8 Å². The van der Waals surface area contributed by atoms with Crippen molar-refractivity contribution in [2.24, 2.45) is 0 Å². The normalized spacial score (nSPS) is 22.4. The van der Waals surface area contributed by atoms with Gasteiger partial charge in [0.05, 0.1) is 11.7 Å². The molecule has 1 aliphatic heterocycles. The Morgan fingerprint density at radius 2 is 1.16 bits per heavy atom. The van der Waals surface area contributed by atoms with E-state index in [-0.39, 0.29) is 5.92 Å². The molecule has 2 aromatic rings. The molecule has 0 spiro atoms. The molecule has 0 bridgehead atoms. The fourth-order valence-electron chi connectivity index (χ4n) is 3.51. The van der Waals surface area contributed by atoms with Crippen molar-refractivity contribution < 1.29 is 22.0 Å². The second kappa shape index (κ2) is 6.72. The second-order valence-electron chi connectivity index (χ2n) is 6.34. The first-order chi connectivity index (χ1) is 11.8. The van der Waals surface area contributed by atoms with Gasteiger partial charge in [-0.1, -0.05) is 30.3 Å². The van der Waals surface area contributed by atoms with Crippen molar-refractivity contribution >= 4 is 0 Å². The summed E-state index contributed by atoms with van der Waals surface area (Å²) in [6.45, 7) is 0.858. The van der Waals surface area contributed by atoms with E-state index in [1.165, 1.54) is 0 Å². The summed E-state index contributed by atoms with van der Waals surface area (Å²) < 4.78 is 68.8. The standard InChI is InChI=1S/C18H17F5N2/c1-24-8-11(10-6-4-3-5-7-10)9-25(2)18(24)12-13(19)15(21)17(23)16(22)14(12)20/h3-7,11,18H,8-9H2,1-2H3. The molecule has 0 unspecified atom stereocenters. The summed E-state index contributed by atoms with van der Waals surface area (Å²) in [6, 6.07) is 9.57. The van der Waals surface area contributed by atoms with Crippen LogP contribution in [0.2, 0.25) is 0 Å². The van der Waals surface area contributed by atoms with Crippen molar-refractivity contribution in [1.82, 2.24) is 9.80 Å². The molecule has 3 rings (SSSR count). The molecular formula is C18H17F5N2. The minimum atomic E-state index is -2.14. The molecule has 1 saturated heterocycles. The first-order valence-electron chi connectivity index (χ1n) is 7.79. The van der Waals surface area contributed by atoms with Gasteiger partial charge in [-0.25, -0.2) is 22.0 Å². The Kier molecular flexibility index (Phi) is 4.79. The highest BCUT2D eigenvalue weighted by Crippen LogP contribution is 2.37. The zero-order valence-electron chi connectivity index (χ0n) is 13.7. The average molecular weight is 356 g/mol. The molecule has 7 heteroatoms. The lowest BCUT2D eigenvalue weighted by atomic mass is 9.93. The number of hydrogen-bond donors (Lipinski definition) is 0. The highest BCUT2D eigenvalue weighted by Gasteiger charge is 2.38. The molecular weight excluding hydrogens is 339 g/mol. The average Bonchev–Trinajstić information content (AvgIpc) is 2.61. The van der Waals surface area contributed by atoms with Gasteiger partial charge >= 0.3 is 0 Å². The van der Waals surface area contributed by atoms with Gasteiger partial charge in [0.15, 0.2) is 23.3 Å². The van der Waals surface area contributed by atoms with Gasteiger partial charge in [-0.05, 0) is 19.7 Å². The predicted molar refractivity (Wildman–Crippen MR) is 83.4 cm³/mol. The zero-order chi connectivity index (χ0) is 18.3. The molecule has 2 aromatic carbocycles. The Morgan fingerprint density at radius 1 is 0.720 bits per heavy atom. The maximum atomic E-state index is 14.2. The van der Waals surface area contributed by atoms with Crippen LogP contribution in [0.1, 0.15) is 23.2 Å². The SMILES string of the molecule is CN1CC(c2ccccc2)CN(C)C1c1c(F)c(F)c(F)c(F)c1F. The van der Waals surface area contributed by atoms with Gasteiger partial charge in [0.2, 0.25) is 5.82 Å². The number of hydrogen-bond acceptors (Lipinski definition) is 2. The summed E-state index contributed by atoms with van der Waals surface area (Å²) in [6.07, 6.45) is -1.04. The first-order valence-corrected chi connectivity index (χ1v) is 7.79. The molecule has 0 radical (unpaired) electrons. The quantitative estimate of drug-likeness (QED) is 0.455. The molecule has 134 valence electrons. The van der Waals surface area contributed by atoms with Gasteiger partial charge < -0.3 is 0 Å². The molecule has 1 heterocycles. The number of benzene rings is 2. The Bertz CT molecular complexity index is 740. The third-order valence-electron chi connectivity index (χ3n) is 4.62. The minimum Gasteiger partial charge on any atom is -0.286 e. The van der Waals surface area contributed by atoms with E-state index in [1.54, 1.807) is 23.9 Å². The summed E-state index contributed by atoms with van der Waals surface area (Å²) in [7, 11) is 3.21. The third-order valence-corrected chi connectivity index (χ3v) is 4.62. The Balaban J connectivity index is 1.98. The van der Waals surface area contributed by atoms with Crippen molar-refractivity contribution in [3.05, 3.63) is 70.5 Å². The van der Waals surface area contributed by atoms with Crippen LogP contribution in [0.5, 0.6) is 0 Å². The van der Waals surface area contributed by atoms with Crippen molar-refractivity contribution in [3.8, 4) is 0 Å². The minimum absolute atomic E-state index is 0.0636. The lowest BCUT2D eigenvalue weighted by molar-refractivity contribution is 0.0222. The number of nitrogens with zero attached hydrogens (tertiary/aromatic N) is 2. The lowest BCUT2D eigenvalue weighted by Gasteiger charge is -2.44. The fraction of sp³-hybridized carbons (Fsp3) is 0.333. The first kappa shape index (κ1) is 17.8. The lowest BCUT2D eigenvalue weighted by Crippen LogP contribution is -2.48. The van der Waals surface area contributed by atoms with Crippen LogP contribution >= 0.6 is 0 Å². The molecule has 1 aliphatic rings. The van der Waals surface area contributed by atoms with Crippen molar-refractivity contribution in [3.63, 3.8) is 0 Å². The van der Waals surface area contributed by atoms with Gasteiger partial charge in [-0.15, -0.1) is 0 Å². The summed E-state index contributed by atoms with van der Waals surface area (Å²) in [5.74, 6) is -9.46. The van der Waals surface area contributed by atoms with Crippen LogP contribution in [-0.2, 0) is 0 Å². The Hall–Kier alpha value is -1.99. The molecule has 25 heavy (non-hydrogen) atoms. The van der Waals surface area contributed by atoms with Gasteiger partial charge in [-0.3, -0.25) is 9.80 Å². The molecule has 0 N–H and O–H groups in total. The van der Waals surface area contributed by atoms with E-state index >= 15 is 0 Å². The molecule has 2 nitrogen and oxygen atoms in total. The largest absolute Gasteiger partial charge is 0.286 e. The smallest absolute Gasteiger partial charge is 0.200 e. The van der Waals surface area contributed by atoms with Gasteiger partial charge in [0.1, 0.15) is 0 Å². The fourth-order valence-corrected chi connectivity index (χ4v) is 3.51. The Morgan fingerprint density at radius 3 is 1.64 bits per heavy atom. The third kappa shape index (κ3) is 3.02. The summed E-state index contributed by atoms with van der Waals surface area (Å²) in [5.41, 5.74) is 0.241. The van der Waals surface area contributed by atoms with Crippen LogP contribution in [0.15, 0.2) is 30.3 Å². The van der Waals surface area contributed by atoms with Gasteiger partial charge in [0.25, 0.3) is 0 Å². The highest BCUT2D eigenvalue weighted by molar-refractivity contribution is 5.28. The van der Waals surface area contributed by atoms with E-state index in [1.807, 2.05) is 30.3 Å². The number of likely N-dealkylation sites (N-methyl/N-ethyl adjacent to an activating group) is 2. The summed E-state index contributed by atoms with van der Waals surface area (Å²) >= 11 is 0. The van der Waals surface area contributed by atoms with E-state index in [0.717, 1.165) is 5.56 Å². The highest BCUT2D eigenvalue weighted by atomic mass is 19.2. The van der Waals surface area contributed by atoms with E-state index in [4.69, 9.17) is 0 Å². The van der Waals surface area contributed by atoms with Gasteiger partial charge in [-0.2, -0.15) is 0 Å². The summed E-state index contributed by atoms with van der Waals surface area (Å²) in [5, 5.41) is 0. The van der Waals surface area contributed by atoms with Crippen LogP contribution in [0, 0.1) is 29.1 Å². The van der Waals surface area contributed by atoms with Crippen LogP contribution in [0.25, 0.3) is 0 Å². The monoisotopic (exact) mass is 356 g/mol. The molecule has 0 aromatic heterocycles. The van der Waals surface area contributed by atoms with Crippen molar-refractivity contribution in [2.75, 3.05) is 27.2 Å². The second-order valence-corrected chi connectivity index (χ2v) is 6.34. The van der Waals surface area contributed by atoms with E-state index in [0.29, 0.717) is 13.1 Å². The molecule has 0 aliphatic carbocycles. The van der Waals surface area contributed by atoms with Crippen molar-refractivity contribution in [2.45, 2.75) is 12.1 Å². The van der Waals surface area contributed by atoms with E-state index in [2.05, 4.69) is 0 Å². The number of halogens is 5. The number of rotatable bonds is 2. The Labute approximate surface area is 142 Å². The van der Waals surface area contributed by atoms with Crippen LogP contribution in [-0.4, -0.2) is 37.0 Å². The molecule has 0 amide bonds.